The van der Waals surface area contributed by atoms with Gasteiger partial charge < -0.3 is 15.4 Å². The topological polar surface area (TPSA) is 55.6 Å². The van der Waals surface area contributed by atoms with Crippen LogP contribution in [0, 0.1) is 6.92 Å². The number of likely N-dealkylation sites (tertiary alicyclic amines) is 1. The molecular formula is C17H20BrClN2O2S. The predicted octanol–water partition coefficient (Wildman–Crippen LogP) is 3.82. The fraction of sp³-hybridized carbons (Fsp3) is 0.353. The van der Waals surface area contributed by atoms with E-state index >= 15 is 0 Å². The number of ether oxygens (including phenoxy) is 1. The second kappa shape index (κ2) is 7.87. The van der Waals surface area contributed by atoms with Gasteiger partial charge >= 0.3 is 0 Å². The molecule has 1 fully saturated rings. The smallest absolute Gasteiger partial charge is 0.267 e. The Morgan fingerprint density at radius 1 is 1.33 bits per heavy atom. The van der Waals surface area contributed by atoms with E-state index in [-0.39, 0.29) is 30.3 Å². The lowest BCUT2D eigenvalue weighted by Gasteiger charge is -2.16. The Kier molecular flexibility index (Phi) is 6.31. The molecule has 0 unspecified atom stereocenters. The first kappa shape index (κ1) is 19.2. The fourth-order valence-corrected chi connectivity index (χ4v) is 4.74. The van der Waals surface area contributed by atoms with Crippen LogP contribution in [0.1, 0.15) is 26.0 Å². The summed E-state index contributed by atoms with van der Waals surface area (Å²) in [6, 6.07) is 10.1. The van der Waals surface area contributed by atoms with Crippen LogP contribution in [0.5, 0.6) is 5.75 Å². The zero-order valence-corrected chi connectivity index (χ0v) is 16.7. The molecule has 2 aromatic rings. The van der Waals surface area contributed by atoms with Crippen LogP contribution in [0.25, 0.3) is 0 Å². The first-order valence-corrected chi connectivity index (χ1v) is 9.06. The van der Waals surface area contributed by atoms with Crippen LogP contribution in [0.4, 0.5) is 0 Å². The molecule has 1 aromatic carbocycles. The lowest BCUT2D eigenvalue weighted by Crippen LogP contribution is -2.32. The SMILES string of the molecule is COc1c(C(=O)N2C[C@@H](N)[C@H](c3ccccc3)C2)sc(C)c1Br.Cl. The number of hydrogen-bond acceptors (Lipinski definition) is 4. The molecule has 3 rings (SSSR count). The van der Waals surface area contributed by atoms with E-state index in [1.165, 1.54) is 16.9 Å². The van der Waals surface area contributed by atoms with E-state index in [0.717, 1.165) is 9.35 Å². The Morgan fingerprint density at radius 2 is 2.00 bits per heavy atom. The molecule has 1 aliphatic heterocycles. The van der Waals surface area contributed by atoms with Gasteiger partial charge in [0.05, 0.1) is 11.6 Å². The van der Waals surface area contributed by atoms with Crippen molar-refractivity contribution < 1.29 is 9.53 Å². The van der Waals surface area contributed by atoms with E-state index in [1.807, 2.05) is 30.0 Å². The Hall–Kier alpha value is -1.08. The largest absolute Gasteiger partial charge is 0.494 e. The highest BCUT2D eigenvalue weighted by Gasteiger charge is 2.36. The molecule has 2 atom stereocenters. The molecule has 0 spiro atoms. The average Bonchev–Trinajstić information content (AvgIpc) is 3.08. The highest BCUT2D eigenvalue weighted by Crippen LogP contribution is 2.40. The number of rotatable bonds is 3. The lowest BCUT2D eigenvalue weighted by molar-refractivity contribution is 0.0791. The highest BCUT2D eigenvalue weighted by molar-refractivity contribution is 9.10. The second-order valence-electron chi connectivity index (χ2n) is 5.73. The number of nitrogens with two attached hydrogens (primary N) is 1. The molecule has 0 bridgehead atoms. The van der Waals surface area contributed by atoms with E-state index < -0.39 is 0 Å². The quantitative estimate of drug-likeness (QED) is 0.804. The van der Waals surface area contributed by atoms with Crippen LogP contribution in [0.15, 0.2) is 34.8 Å². The van der Waals surface area contributed by atoms with E-state index in [2.05, 4.69) is 28.1 Å². The third kappa shape index (κ3) is 3.47. The number of hydrogen-bond donors (Lipinski definition) is 1. The predicted molar refractivity (Wildman–Crippen MR) is 104 cm³/mol. The summed E-state index contributed by atoms with van der Waals surface area (Å²) in [5, 5.41) is 0. The molecule has 24 heavy (non-hydrogen) atoms. The van der Waals surface area contributed by atoms with E-state index in [9.17, 15) is 4.79 Å². The number of carbonyl (C=O) groups excluding carboxylic acids is 1. The van der Waals surface area contributed by atoms with Crippen LogP contribution in [-0.4, -0.2) is 37.0 Å². The van der Waals surface area contributed by atoms with Crippen LogP contribution in [0.3, 0.4) is 0 Å². The standard InChI is InChI=1S/C17H19BrN2O2S.ClH/c1-10-14(18)15(22-2)16(23-10)17(21)20-8-12(13(19)9-20)11-6-4-3-5-7-11;/h3-7,12-13H,8-9,19H2,1-2H3;1H/t12-,13+;/m0./s1. The first-order chi connectivity index (χ1) is 11.0. The third-order valence-corrected chi connectivity index (χ3v) is 6.54. The van der Waals surface area contributed by atoms with Crippen molar-refractivity contribution in [2.75, 3.05) is 20.2 Å². The first-order valence-electron chi connectivity index (χ1n) is 7.45. The number of carbonyl (C=O) groups is 1. The third-order valence-electron chi connectivity index (χ3n) is 4.25. The minimum Gasteiger partial charge on any atom is -0.494 e. The van der Waals surface area contributed by atoms with Crippen molar-refractivity contribution in [2.24, 2.45) is 5.73 Å². The van der Waals surface area contributed by atoms with Gasteiger partial charge in [-0.25, -0.2) is 0 Å². The Labute approximate surface area is 160 Å². The van der Waals surface area contributed by atoms with E-state index in [1.54, 1.807) is 7.11 Å². The van der Waals surface area contributed by atoms with Crippen LogP contribution < -0.4 is 10.5 Å². The van der Waals surface area contributed by atoms with Gasteiger partial charge in [-0.1, -0.05) is 30.3 Å². The van der Waals surface area contributed by atoms with Crippen molar-refractivity contribution in [3.8, 4) is 5.75 Å². The molecule has 1 aromatic heterocycles. The Morgan fingerprint density at radius 3 is 2.62 bits per heavy atom. The molecule has 130 valence electrons. The monoisotopic (exact) mass is 430 g/mol. The Bertz CT molecular complexity index is 723. The maximum absolute atomic E-state index is 12.9. The van der Waals surface area contributed by atoms with Crippen molar-refractivity contribution in [1.29, 1.82) is 0 Å². The van der Waals surface area contributed by atoms with Gasteiger partial charge in [-0.2, -0.15) is 0 Å². The van der Waals surface area contributed by atoms with Gasteiger partial charge in [0, 0.05) is 29.9 Å². The van der Waals surface area contributed by atoms with E-state index in [0.29, 0.717) is 23.7 Å². The minimum atomic E-state index is -0.0446. The summed E-state index contributed by atoms with van der Waals surface area (Å²) in [6.45, 7) is 3.17. The molecule has 4 nitrogen and oxygen atoms in total. The fourth-order valence-electron chi connectivity index (χ4n) is 3.02. The molecule has 1 saturated heterocycles. The summed E-state index contributed by atoms with van der Waals surface area (Å²) in [4.78, 5) is 16.4. The van der Waals surface area contributed by atoms with Gasteiger partial charge in [0.2, 0.25) is 0 Å². The van der Waals surface area contributed by atoms with Crippen LogP contribution >= 0.6 is 39.7 Å². The molecule has 7 heteroatoms. The summed E-state index contributed by atoms with van der Waals surface area (Å²) < 4.78 is 6.26. The number of benzene rings is 1. The summed E-state index contributed by atoms with van der Waals surface area (Å²) in [6.07, 6.45) is 0. The zero-order valence-electron chi connectivity index (χ0n) is 13.5. The molecule has 0 aliphatic carbocycles. The number of thiophene rings is 1. The molecule has 1 amide bonds. The normalized spacial score (nSPS) is 19.9. The minimum absolute atomic E-state index is 0. The average molecular weight is 432 g/mol. The van der Waals surface area contributed by atoms with Gasteiger partial charge in [-0.05, 0) is 28.4 Å². The zero-order chi connectivity index (χ0) is 16.6. The second-order valence-corrected chi connectivity index (χ2v) is 7.74. The number of nitrogens with zero attached hydrogens (tertiary/aromatic N) is 1. The van der Waals surface area contributed by atoms with Gasteiger partial charge in [-0.15, -0.1) is 23.7 Å². The molecule has 2 heterocycles. The molecule has 1 aliphatic rings. The molecule has 0 radical (unpaired) electrons. The molecule has 2 N–H and O–H groups in total. The number of halogens is 2. The van der Waals surface area contributed by atoms with Crippen molar-refractivity contribution in [3.05, 3.63) is 50.1 Å². The van der Waals surface area contributed by atoms with Crippen molar-refractivity contribution in [3.63, 3.8) is 0 Å². The summed E-state index contributed by atoms with van der Waals surface area (Å²) in [5.74, 6) is 0.791. The number of methoxy groups -OCH3 is 1. The Balaban J connectivity index is 0.00000208. The van der Waals surface area contributed by atoms with Crippen molar-refractivity contribution in [1.82, 2.24) is 4.90 Å². The van der Waals surface area contributed by atoms with Crippen LogP contribution in [-0.2, 0) is 0 Å². The van der Waals surface area contributed by atoms with Gasteiger partial charge in [0.25, 0.3) is 5.91 Å². The molecular weight excluding hydrogens is 412 g/mol. The maximum atomic E-state index is 12.9. The molecule has 0 saturated carbocycles. The summed E-state index contributed by atoms with van der Waals surface area (Å²) >= 11 is 4.94. The summed E-state index contributed by atoms with van der Waals surface area (Å²) in [7, 11) is 1.59. The van der Waals surface area contributed by atoms with Crippen molar-refractivity contribution >= 4 is 45.6 Å². The maximum Gasteiger partial charge on any atom is 0.267 e. The summed E-state index contributed by atoms with van der Waals surface area (Å²) in [5.41, 5.74) is 7.48. The number of amides is 1. The van der Waals surface area contributed by atoms with Gasteiger partial charge in [0.1, 0.15) is 4.88 Å². The van der Waals surface area contributed by atoms with Crippen LogP contribution in [0.2, 0.25) is 0 Å². The number of aryl methyl sites for hydroxylation is 1. The van der Waals surface area contributed by atoms with E-state index in [4.69, 9.17) is 10.5 Å². The van der Waals surface area contributed by atoms with Gasteiger partial charge in [0.15, 0.2) is 5.75 Å². The van der Waals surface area contributed by atoms with Crippen molar-refractivity contribution in [2.45, 2.75) is 18.9 Å². The van der Waals surface area contributed by atoms with Gasteiger partial charge in [-0.3, -0.25) is 4.79 Å². The highest BCUT2D eigenvalue weighted by atomic mass is 79.9. The lowest BCUT2D eigenvalue weighted by atomic mass is 9.95.